The molecule has 11 aliphatic rings. The fourth-order valence-corrected chi connectivity index (χ4v) is 15.2. The second-order valence-corrected chi connectivity index (χ2v) is 38.5. The van der Waals surface area contributed by atoms with Gasteiger partial charge in [0, 0.05) is 161 Å². The number of pyridine rings is 1. The van der Waals surface area contributed by atoms with Crippen LogP contribution in [0.3, 0.4) is 0 Å². The lowest BCUT2D eigenvalue weighted by molar-refractivity contribution is -0.136. The van der Waals surface area contributed by atoms with Crippen molar-refractivity contribution in [3.05, 3.63) is 29.8 Å². The van der Waals surface area contributed by atoms with E-state index >= 15 is 0 Å². The van der Waals surface area contributed by atoms with Crippen LogP contribution in [0, 0.1) is 39.3 Å². The Hall–Kier alpha value is -1.32. The van der Waals surface area contributed by atoms with Crippen LogP contribution in [0.4, 0.5) is 4.39 Å². The van der Waals surface area contributed by atoms with Crippen LogP contribution in [0.25, 0.3) is 0 Å². The Bertz CT molecular complexity index is 2170. The highest BCUT2D eigenvalue weighted by Crippen LogP contribution is 2.51. The van der Waals surface area contributed by atoms with E-state index in [2.05, 4.69) is 242 Å². The van der Waals surface area contributed by atoms with Crippen molar-refractivity contribution in [2.45, 2.75) is 274 Å². The lowest BCUT2D eigenvalue weighted by Crippen LogP contribution is -2.73. The molecule has 0 bridgehead atoms. The van der Waals surface area contributed by atoms with E-state index in [1.165, 1.54) is 175 Å². The number of nitrogens with zero attached hydrogens (tertiary/aromatic N) is 11. The summed E-state index contributed by atoms with van der Waals surface area (Å²) < 4.78 is 13.4. The lowest BCUT2D eigenvalue weighted by Gasteiger charge is -2.63. The van der Waals surface area contributed by atoms with E-state index in [1.54, 1.807) is 12.3 Å². The molecule has 1 aromatic rings. The van der Waals surface area contributed by atoms with Gasteiger partial charge in [0.2, 0.25) is 0 Å². The van der Waals surface area contributed by atoms with E-state index in [4.69, 9.17) is 0 Å². The topological polar surface area (TPSA) is 45.3 Å². The molecule has 0 N–H and O–H groups in total. The molecule has 0 atom stereocenters. The number of piperidine rings is 1. The number of likely N-dealkylation sites (N-methyl/N-ethyl adjacent to an activating group) is 1. The number of halogens is 1. The summed E-state index contributed by atoms with van der Waals surface area (Å²) >= 11 is 0. The van der Waals surface area contributed by atoms with Gasteiger partial charge in [0.05, 0.1) is 5.69 Å². The average molecular weight is 1220 g/mol. The molecular formula is C75H144FN11. The Labute approximate surface area is 539 Å². The van der Waals surface area contributed by atoms with Crippen molar-refractivity contribution >= 4 is 0 Å². The summed E-state index contributed by atoms with van der Waals surface area (Å²) in [7, 11) is 10.9. The fourth-order valence-electron chi connectivity index (χ4n) is 15.2. The molecule has 3 aliphatic carbocycles. The minimum absolute atomic E-state index is 0.170. The normalized spacial score (nSPS) is 25.7. The first-order valence-corrected chi connectivity index (χ1v) is 35.5. The fraction of sp³-hybridized carbons (Fsp3) is 0.933. The van der Waals surface area contributed by atoms with Crippen LogP contribution < -0.4 is 0 Å². The first-order chi connectivity index (χ1) is 39.7. The molecule has 11 fully saturated rings. The van der Waals surface area contributed by atoms with Gasteiger partial charge in [-0.15, -0.1) is 0 Å². The highest BCUT2D eigenvalue weighted by Gasteiger charge is 2.53. The number of hydrogen-bond acceptors (Lipinski definition) is 11. The number of hydrogen-bond donors (Lipinski definition) is 0. The quantitative estimate of drug-likeness (QED) is 0.283. The van der Waals surface area contributed by atoms with Crippen molar-refractivity contribution in [1.82, 2.24) is 54.0 Å². The molecule has 0 aromatic carbocycles. The van der Waals surface area contributed by atoms with Gasteiger partial charge in [0.1, 0.15) is 5.82 Å². The molecule has 3 saturated carbocycles. The molecule has 0 radical (unpaired) electrons. The van der Waals surface area contributed by atoms with Gasteiger partial charge >= 0.3 is 0 Å². The maximum absolute atomic E-state index is 13.4. The van der Waals surface area contributed by atoms with Crippen molar-refractivity contribution in [2.75, 3.05) is 146 Å². The summed E-state index contributed by atoms with van der Waals surface area (Å²) in [6.45, 7) is 72.1. The summed E-state index contributed by atoms with van der Waals surface area (Å²) in [6.07, 6.45) is 17.9. The van der Waals surface area contributed by atoms with Crippen LogP contribution in [0.2, 0.25) is 0 Å². The lowest BCUT2D eigenvalue weighted by atomic mass is 9.62. The maximum atomic E-state index is 13.4. The van der Waals surface area contributed by atoms with Crippen LogP contribution in [-0.2, 0) is 0 Å². The van der Waals surface area contributed by atoms with E-state index in [1.807, 2.05) is 0 Å². The molecule has 3 spiro atoms. The molecule has 12 heteroatoms. The number of aromatic nitrogens is 1. The SMILES string of the molecule is CC(C)(C)C1CCN(C2CC2)CC1.CC(C)(C)N1CC(c2ncccc2F)C1.CC(C)(C)N1CC2(CCC2)C1.CC(C)(C)N1CC2(CCCC2)C1.CN(C)C1(C)CN(C(C)(C)C)C1.CN(C)CC1CN(C(C)(C)C)C1.CN1CC2(C1)CN(C(C)(C)C)C2. The van der Waals surface area contributed by atoms with Crippen LogP contribution >= 0.6 is 0 Å². The predicted molar refractivity (Wildman–Crippen MR) is 373 cm³/mol. The largest absolute Gasteiger partial charge is 0.309 e. The highest BCUT2D eigenvalue weighted by atomic mass is 19.1. The Kier molecular flexibility index (Phi) is 24.3. The van der Waals surface area contributed by atoms with E-state index in [-0.39, 0.29) is 17.3 Å². The van der Waals surface area contributed by atoms with Crippen LogP contribution in [-0.4, -0.2) is 245 Å². The number of likely N-dealkylation sites (tertiary alicyclic amines) is 8. The molecule has 8 saturated heterocycles. The second kappa shape index (κ2) is 28.3. The van der Waals surface area contributed by atoms with Crippen molar-refractivity contribution in [2.24, 2.45) is 33.5 Å². The van der Waals surface area contributed by atoms with E-state index < -0.39 is 0 Å². The molecule has 9 heterocycles. The smallest absolute Gasteiger partial charge is 0.145 e. The van der Waals surface area contributed by atoms with Gasteiger partial charge < -0.3 is 19.6 Å². The van der Waals surface area contributed by atoms with Gasteiger partial charge in [-0.25, -0.2) is 4.39 Å². The van der Waals surface area contributed by atoms with Gasteiger partial charge in [0.25, 0.3) is 0 Å². The van der Waals surface area contributed by atoms with E-state index in [9.17, 15) is 4.39 Å². The molecule has 1 aromatic heterocycles. The molecule has 506 valence electrons. The summed E-state index contributed by atoms with van der Waals surface area (Å²) in [6, 6.07) is 4.11. The van der Waals surface area contributed by atoms with Gasteiger partial charge in [0.15, 0.2) is 0 Å². The highest BCUT2D eigenvalue weighted by molar-refractivity contribution is 5.17. The molecule has 0 amide bonds. The third-order valence-corrected chi connectivity index (χ3v) is 22.7. The van der Waals surface area contributed by atoms with Crippen molar-refractivity contribution < 1.29 is 4.39 Å². The van der Waals surface area contributed by atoms with Crippen LogP contribution in [0.15, 0.2) is 18.3 Å². The standard InChI is InChI=1S/C12H17FN2.C12H23N.C11H21N.C10H20N2.2C10H22N2.C10H19N/c1-12(2,3)15-7-9(8-15)11-10(13)5-4-6-14-11;1-12(2,3)10-6-8-13(9-7-10)11-4-5-11;1-10(2,3)12-8-11(9-12)6-4-5-7-11;1-9(2,3)12-7-10(8-12)5-11(4)6-10;1-10(2,3)12-7-9(8-12)6-11(4)5;1-9(2,3)12-7-10(4,8-12)11(5)6;1-9(2,3)11-7-10(8-11)5-4-6-10/h4-6,9H,7-8H2,1-3H3;10-11H,4-9H2,1-3H3;4-9H2,1-3H3;5-8H2,1-4H3;9H,6-8H2,1-5H3;7-8H2,1-6H3;4-8H2,1-3H3. The molecule has 11 nitrogen and oxygen atoms in total. The summed E-state index contributed by atoms with van der Waals surface area (Å²) in [5.41, 5.74) is 5.96. The van der Waals surface area contributed by atoms with Crippen molar-refractivity contribution in [1.29, 1.82) is 0 Å². The minimum Gasteiger partial charge on any atom is -0.309 e. The van der Waals surface area contributed by atoms with Crippen LogP contribution in [0.5, 0.6) is 0 Å². The van der Waals surface area contributed by atoms with Crippen molar-refractivity contribution in [3.8, 4) is 0 Å². The summed E-state index contributed by atoms with van der Waals surface area (Å²) in [4.78, 5) is 29.1. The first kappa shape index (κ1) is 74.7. The molecule has 8 aliphatic heterocycles. The van der Waals surface area contributed by atoms with Crippen LogP contribution in [0.1, 0.15) is 235 Å². The third-order valence-electron chi connectivity index (χ3n) is 22.7. The zero-order valence-corrected chi connectivity index (χ0v) is 62.6. The molecular weight excluding hydrogens is 1070 g/mol. The predicted octanol–water partition coefficient (Wildman–Crippen LogP) is 14.0. The van der Waals surface area contributed by atoms with Gasteiger partial charge in [-0.3, -0.25) is 34.4 Å². The summed E-state index contributed by atoms with van der Waals surface area (Å²) in [5.74, 6) is 1.96. The molecule has 12 rings (SSSR count). The Balaban J connectivity index is 0.000000162. The Morgan fingerprint density at radius 2 is 0.874 bits per heavy atom. The van der Waals surface area contributed by atoms with E-state index in [0.717, 1.165) is 41.8 Å². The first-order valence-electron chi connectivity index (χ1n) is 35.5. The monoisotopic (exact) mass is 1220 g/mol. The Morgan fingerprint density at radius 1 is 0.494 bits per heavy atom. The number of rotatable bonds is 5. The minimum atomic E-state index is -0.170. The molecule has 87 heavy (non-hydrogen) atoms. The van der Waals surface area contributed by atoms with Gasteiger partial charge in [-0.2, -0.15) is 0 Å². The maximum Gasteiger partial charge on any atom is 0.145 e. The van der Waals surface area contributed by atoms with E-state index in [0.29, 0.717) is 49.8 Å². The Morgan fingerprint density at radius 3 is 1.20 bits per heavy atom. The summed E-state index contributed by atoms with van der Waals surface area (Å²) in [5, 5.41) is 0. The van der Waals surface area contributed by atoms with Gasteiger partial charge in [-0.05, 0) is 271 Å². The van der Waals surface area contributed by atoms with Gasteiger partial charge in [-0.1, -0.05) is 40.0 Å². The average Bonchev–Trinajstić information content (AvgIpc) is 3.99. The zero-order chi connectivity index (χ0) is 65.4. The second-order valence-electron chi connectivity index (χ2n) is 38.5. The third kappa shape index (κ3) is 21.1. The zero-order valence-electron chi connectivity index (χ0n) is 62.6. The van der Waals surface area contributed by atoms with Crippen molar-refractivity contribution in [3.63, 3.8) is 0 Å². The molecule has 0 unspecified atom stereocenters.